The van der Waals surface area contributed by atoms with E-state index in [1.165, 1.54) is 6.07 Å². The van der Waals surface area contributed by atoms with Crippen molar-refractivity contribution in [1.82, 2.24) is 4.98 Å². The summed E-state index contributed by atoms with van der Waals surface area (Å²) < 4.78 is 0. The molecule has 1 heterocycles. The first kappa shape index (κ1) is 18.1. The van der Waals surface area contributed by atoms with E-state index in [-0.39, 0.29) is 48.9 Å². The molecule has 0 aliphatic heterocycles. The molecule has 0 amide bonds. The van der Waals surface area contributed by atoms with Crippen LogP contribution in [0.1, 0.15) is 0 Å². The van der Waals surface area contributed by atoms with Crippen molar-refractivity contribution in [3.8, 4) is 0 Å². The van der Waals surface area contributed by atoms with Crippen LogP contribution in [0.4, 0.5) is 23.0 Å². The molecule has 0 spiro atoms. The molecular weight excluding hydrogens is 236 g/mol. The van der Waals surface area contributed by atoms with Crippen LogP contribution < -0.4 is 22.9 Å². The second-order valence-electron chi connectivity index (χ2n) is 1.94. The van der Waals surface area contributed by atoms with Crippen LogP contribution in [0.25, 0.3) is 0 Å². The molecular formula is C5H12Cl3N5. The number of pyridine rings is 1. The van der Waals surface area contributed by atoms with Gasteiger partial charge in [0.2, 0.25) is 0 Å². The fourth-order valence-electron chi connectivity index (χ4n) is 0.574. The standard InChI is InChI=1S/C5H9N5.3ClH/c6-2-1-3(7)5(9)10-4(2)8;;;/h1H,6-7H2,(H4,8,9,10);3*1H. The Hall–Kier alpha value is -0.780. The summed E-state index contributed by atoms with van der Waals surface area (Å²) >= 11 is 0. The predicted molar refractivity (Wildman–Crippen MR) is 63.6 cm³/mol. The monoisotopic (exact) mass is 247 g/mol. The lowest BCUT2D eigenvalue weighted by Crippen LogP contribution is -2.04. The normalized spacial score (nSPS) is 7.38. The molecule has 0 unspecified atom stereocenters. The largest absolute Gasteiger partial charge is 0.396 e. The van der Waals surface area contributed by atoms with Crippen LogP contribution in [0, 0.1) is 0 Å². The quantitative estimate of drug-likeness (QED) is 0.538. The van der Waals surface area contributed by atoms with Gasteiger partial charge in [-0.3, -0.25) is 0 Å². The van der Waals surface area contributed by atoms with E-state index in [9.17, 15) is 0 Å². The molecule has 0 saturated carbocycles. The van der Waals surface area contributed by atoms with E-state index in [0.29, 0.717) is 11.4 Å². The number of halogens is 3. The number of nitrogens with zero attached hydrogens (tertiary/aromatic N) is 1. The molecule has 0 radical (unpaired) electrons. The van der Waals surface area contributed by atoms with Crippen LogP contribution in [0.2, 0.25) is 0 Å². The van der Waals surface area contributed by atoms with E-state index in [4.69, 9.17) is 22.9 Å². The van der Waals surface area contributed by atoms with Gasteiger partial charge in [-0.2, -0.15) is 0 Å². The molecule has 8 N–H and O–H groups in total. The van der Waals surface area contributed by atoms with Crippen LogP contribution in [0.5, 0.6) is 0 Å². The zero-order chi connectivity index (χ0) is 7.72. The Kier molecular flexibility index (Phi) is 9.33. The topological polar surface area (TPSA) is 117 Å². The van der Waals surface area contributed by atoms with Gasteiger partial charge in [0.15, 0.2) is 0 Å². The lowest BCUT2D eigenvalue weighted by atomic mass is 10.3. The molecule has 0 aliphatic carbocycles. The Morgan fingerprint density at radius 2 is 1.08 bits per heavy atom. The molecule has 0 aromatic carbocycles. The number of nitrogens with two attached hydrogens (primary N) is 4. The number of hydrogen-bond donors (Lipinski definition) is 4. The minimum atomic E-state index is 0. The van der Waals surface area contributed by atoms with Crippen LogP contribution in [0.15, 0.2) is 6.07 Å². The minimum absolute atomic E-state index is 0. The molecule has 0 atom stereocenters. The maximum Gasteiger partial charge on any atom is 0.149 e. The fourth-order valence-corrected chi connectivity index (χ4v) is 0.574. The third-order valence-corrected chi connectivity index (χ3v) is 1.14. The SMILES string of the molecule is Cl.Cl.Cl.Nc1cc(N)c(N)nc1N. The summed E-state index contributed by atoms with van der Waals surface area (Å²) in [5.41, 5.74) is 22.1. The van der Waals surface area contributed by atoms with Crippen molar-refractivity contribution in [3.63, 3.8) is 0 Å². The molecule has 8 heteroatoms. The highest BCUT2D eigenvalue weighted by Gasteiger charge is 1.99. The number of hydrogen-bond acceptors (Lipinski definition) is 5. The van der Waals surface area contributed by atoms with Crippen molar-refractivity contribution in [2.75, 3.05) is 22.9 Å². The van der Waals surface area contributed by atoms with Gasteiger partial charge in [-0.1, -0.05) is 0 Å². The van der Waals surface area contributed by atoms with E-state index < -0.39 is 0 Å². The van der Waals surface area contributed by atoms with Crippen molar-refractivity contribution < 1.29 is 0 Å². The molecule has 0 aliphatic rings. The molecule has 1 aromatic heterocycles. The van der Waals surface area contributed by atoms with Crippen LogP contribution >= 0.6 is 37.2 Å². The van der Waals surface area contributed by atoms with Crippen LogP contribution in [-0.4, -0.2) is 4.98 Å². The van der Waals surface area contributed by atoms with Gasteiger partial charge in [-0.05, 0) is 6.07 Å². The third kappa shape index (κ3) is 4.12. The number of nitrogen functional groups attached to an aromatic ring is 4. The molecule has 78 valence electrons. The zero-order valence-electron chi connectivity index (χ0n) is 6.56. The molecule has 1 aromatic rings. The molecule has 0 fully saturated rings. The van der Waals surface area contributed by atoms with E-state index >= 15 is 0 Å². The molecule has 5 nitrogen and oxygen atoms in total. The first-order chi connectivity index (χ1) is 4.61. The summed E-state index contributed by atoms with van der Waals surface area (Å²) in [5, 5.41) is 0. The summed E-state index contributed by atoms with van der Waals surface area (Å²) in [4.78, 5) is 3.68. The van der Waals surface area contributed by atoms with Crippen molar-refractivity contribution in [1.29, 1.82) is 0 Å². The number of rotatable bonds is 0. The number of anilines is 4. The lowest BCUT2D eigenvalue weighted by Gasteiger charge is -2.02. The third-order valence-electron chi connectivity index (χ3n) is 1.14. The van der Waals surface area contributed by atoms with Gasteiger partial charge in [-0.25, -0.2) is 4.98 Å². The Bertz CT molecular complexity index is 216. The van der Waals surface area contributed by atoms with Gasteiger partial charge in [0, 0.05) is 0 Å². The molecule has 1 rings (SSSR count). The highest BCUT2D eigenvalue weighted by atomic mass is 35.5. The maximum absolute atomic E-state index is 5.37. The van der Waals surface area contributed by atoms with E-state index in [0.717, 1.165) is 0 Å². The second kappa shape index (κ2) is 6.71. The van der Waals surface area contributed by atoms with E-state index in [2.05, 4.69) is 4.98 Å². The van der Waals surface area contributed by atoms with Gasteiger partial charge in [0.1, 0.15) is 11.6 Å². The van der Waals surface area contributed by atoms with Crippen LogP contribution in [0.3, 0.4) is 0 Å². The highest BCUT2D eigenvalue weighted by molar-refractivity contribution is 5.86. The summed E-state index contributed by atoms with van der Waals surface area (Å²) in [6.45, 7) is 0. The summed E-state index contributed by atoms with van der Waals surface area (Å²) in [7, 11) is 0. The molecule has 13 heavy (non-hydrogen) atoms. The Morgan fingerprint density at radius 3 is 1.31 bits per heavy atom. The Labute approximate surface area is 94.5 Å². The number of aromatic nitrogens is 1. The first-order valence-electron chi connectivity index (χ1n) is 2.68. The van der Waals surface area contributed by atoms with Gasteiger partial charge < -0.3 is 22.9 Å². The Balaban J connectivity index is -0.000000333. The maximum atomic E-state index is 5.37. The smallest absolute Gasteiger partial charge is 0.149 e. The average molecular weight is 249 g/mol. The summed E-state index contributed by atoms with van der Waals surface area (Å²) in [6, 6.07) is 1.48. The van der Waals surface area contributed by atoms with Gasteiger partial charge in [0.05, 0.1) is 11.4 Å². The van der Waals surface area contributed by atoms with Crippen molar-refractivity contribution in [2.24, 2.45) is 0 Å². The van der Waals surface area contributed by atoms with Crippen molar-refractivity contribution >= 4 is 60.2 Å². The van der Waals surface area contributed by atoms with Gasteiger partial charge in [0.25, 0.3) is 0 Å². The van der Waals surface area contributed by atoms with Gasteiger partial charge in [-0.15, -0.1) is 37.2 Å². The minimum Gasteiger partial charge on any atom is -0.396 e. The highest BCUT2D eigenvalue weighted by Crippen LogP contribution is 2.19. The summed E-state index contributed by atoms with van der Waals surface area (Å²) in [5.74, 6) is 0.429. The van der Waals surface area contributed by atoms with Crippen molar-refractivity contribution in [2.45, 2.75) is 0 Å². The Morgan fingerprint density at radius 1 is 0.769 bits per heavy atom. The van der Waals surface area contributed by atoms with Crippen molar-refractivity contribution in [3.05, 3.63) is 6.07 Å². The predicted octanol–water partition coefficient (Wildman–Crippen LogP) is 0.676. The van der Waals surface area contributed by atoms with E-state index in [1.54, 1.807) is 0 Å². The van der Waals surface area contributed by atoms with E-state index in [1.807, 2.05) is 0 Å². The molecule has 0 saturated heterocycles. The average Bonchev–Trinajstić information content (AvgIpc) is 1.84. The first-order valence-corrected chi connectivity index (χ1v) is 2.68. The summed E-state index contributed by atoms with van der Waals surface area (Å²) in [6.07, 6.45) is 0. The van der Waals surface area contributed by atoms with Crippen LogP contribution in [-0.2, 0) is 0 Å². The fraction of sp³-hybridized carbons (Fsp3) is 0. The lowest BCUT2D eigenvalue weighted by molar-refractivity contribution is 1.35. The van der Waals surface area contributed by atoms with Gasteiger partial charge >= 0.3 is 0 Å². The zero-order valence-corrected chi connectivity index (χ0v) is 9.01. The molecule has 0 bridgehead atoms. The second-order valence-corrected chi connectivity index (χ2v) is 1.94.